The second-order valence-electron chi connectivity index (χ2n) is 6.25. The maximum atomic E-state index is 10.7. The van der Waals surface area contributed by atoms with E-state index < -0.39 is 6.10 Å². The average Bonchev–Trinajstić information content (AvgIpc) is 3.16. The number of rotatable bonds is 6. The lowest BCUT2D eigenvalue weighted by Crippen LogP contribution is -2.02. The van der Waals surface area contributed by atoms with Gasteiger partial charge in [0.1, 0.15) is 30.0 Å². The highest BCUT2D eigenvalue weighted by Gasteiger charge is 2.15. The first-order valence-corrected chi connectivity index (χ1v) is 8.71. The standard InChI is InChI=1S/C22H20N2O3/c1-26-18-11-12-19-20(13-18)24-22(23-19)21(25)16-7-9-17(10-8-16)27-14-15-5-3-2-4-6-15/h2-13,21,25H,14H2,1H3,(H,23,24). The Labute approximate surface area is 157 Å². The number of H-pyrrole nitrogens is 1. The monoisotopic (exact) mass is 360 g/mol. The number of imidazole rings is 1. The molecule has 1 atom stereocenters. The van der Waals surface area contributed by atoms with E-state index in [9.17, 15) is 5.11 Å². The van der Waals surface area contributed by atoms with Gasteiger partial charge in [-0.15, -0.1) is 0 Å². The van der Waals surface area contributed by atoms with E-state index in [4.69, 9.17) is 9.47 Å². The fraction of sp³-hybridized carbons (Fsp3) is 0.136. The third-order valence-electron chi connectivity index (χ3n) is 4.41. The summed E-state index contributed by atoms with van der Waals surface area (Å²) in [4.78, 5) is 7.64. The van der Waals surface area contributed by atoms with Crippen molar-refractivity contribution >= 4 is 11.0 Å². The third-order valence-corrected chi connectivity index (χ3v) is 4.41. The van der Waals surface area contributed by atoms with Gasteiger partial charge in [0.2, 0.25) is 0 Å². The number of hydrogen-bond donors (Lipinski definition) is 2. The van der Waals surface area contributed by atoms with Gasteiger partial charge in [-0.3, -0.25) is 0 Å². The van der Waals surface area contributed by atoms with E-state index in [1.807, 2.05) is 72.8 Å². The lowest BCUT2D eigenvalue weighted by atomic mass is 10.1. The van der Waals surface area contributed by atoms with Crippen LogP contribution in [0.5, 0.6) is 11.5 Å². The molecule has 0 aliphatic carbocycles. The molecule has 2 N–H and O–H groups in total. The summed E-state index contributed by atoms with van der Waals surface area (Å²) in [6.07, 6.45) is -0.841. The average molecular weight is 360 g/mol. The van der Waals surface area contributed by atoms with Gasteiger partial charge in [-0.05, 0) is 35.4 Å². The topological polar surface area (TPSA) is 67.4 Å². The molecule has 4 aromatic rings. The molecule has 0 aliphatic rings. The molecule has 5 heteroatoms. The summed E-state index contributed by atoms with van der Waals surface area (Å²) in [5, 5.41) is 10.7. The van der Waals surface area contributed by atoms with E-state index in [1.165, 1.54) is 0 Å². The predicted octanol–water partition coefficient (Wildman–Crippen LogP) is 4.23. The van der Waals surface area contributed by atoms with Gasteiger partial charge < -0.3 is 19.6 Å². The highest BCUT2D eigenvalue weighted by atomic mass is 16.5. The van der Waals surface area contributed by atoms with Crippen molar-refractivity contribution in [1.82, 2.24) is 9.97 Å². The molecule has 3 aromatic carbocycles. The molecule has 0 amide bonds. The number of aliphatic hydroxyl groups is 1. The maximum Gasteiger partial charge on any atom is 0.140 e. The van der Waals surface area contributed by atoms with Crippen LogP contribution in [0.15, 0.2) is 72.8 Å². The first kappa shape index (κ1) is 17.1. The Morgan fingerprint density at radius 2 is 1.70 bits per heavy atom. The molecule has 5 nitrogen and oxygen atoms in total. The third kappa shape index (κ3) is 3.78. The van der Waals surface area contributed by atoms with Gasteiger partial charge in [0.25, 0.3) is 0 Å². The van der Waals surface area contributed by atoms with Crippen LogP contribution >= 0.6 is 0 Å². The smallest absolute Gasteiger partial charge is 0.140 e. The van der Waals surface area contributed by atoms with Gasteiger partial charge in [-0.1, -0.05) is 42.5 Å². The lowest BCUT2D eigenvalue weighted by molar-refractivity contribution is 0.211. The van der Waals surface area contributed by atoms with Gasteiger partial charge in [0, 0.05) is 6.07 Å². The predicted molar refractivity (Wildman–Crippen MR) is 104 cm³/mol. The number of fused-ring (bicyclic) bond motifs is 1. The summed E-state index contributed by atoms with van der Waals surface area (Å²) >= 11 is 0. The molecule has 1 aromatic heterocycles. The molecule has 0 bridgehead atoms. The quantitative estimate of drug-likeness (QED) is 0.540. The van der Waals surface area contributed by atoms with E-state index in [0.717, 1.165) is 33.7 Å². The summed E-state index contributed by atoms with van der Waals surface area (Å²) in [5.41, 5.74) is 3.46. The molecule has 0 radical (unpaired) electrons. The summed E-state index contributed by atoms with van der Waals surface area (Å²) in [5.74, 6) is 1.98. The van der Waals surface area contributed by atoms with Crippen molar-refractivity contribution in [3.63, 3.8) is 0 Å². The second-order valence-corrected chi connectivity index (χ2v) is 6.25. The first-order chi connectivity index (χ1) is 13.2. The van der Waals surface area contributed by atoms with Crippen molar-refractivity contribution in [2.24, 2.45) is 0 Å². The molecule has 136 valence electrons. The Kier molecular flexibility index (Phi) is 4.77. The number of nitrogens with one attached hydrogen (secondary N) is 1. The molecule has 4 rings (SSSR count). The van der Waals surface area contributed by atoms with Crippen LogP contribution in [0.4, 0.5) is 0 Å². The number of benzene rings is 3. The normalized spacial score (nSPS) is 12.1. The summed E-state index contributed by atoms with van der Waals surface area (Å²) in [7, 11) is 1.62. The minimum Gasteiger partial charge on any atom is -0.497 e. The van der Waals surface area contributed by atoms with Crippen LogP contribution in [-0.4, -0.2) is 22.2 Å². The minimum absolute atomic E-state index is 0.496. The number of hydrogen-bond acceptors (Lipinski definition) is 4. The van der Waals surface area contributed by atoms with E-state index >= 15 is 0 Å². The zero-order valence-corrected chi connectivity index (χ0v) is 14.9. The lowest BCUT2D eigenvalue weighted by Gasteiger charge is -2.10. The fourth-order valence-electron chi connectivity index (χ4n) is 2.91. The molecule has 0 aliphatic heterocycles. The van der Waals surface area contributed by atoms with E-state index in [0.29, 0.717) is 12.4 Å². The zero-order valence-electron chi connectivity index (χ0n) is 14.9. The number of ether oxygens (including phenoxy) is 2. The van der Waals surface area contributed by atoms with Crippen LogP contribution in [0.2, 0.25) is 0 Å². The Bertz CT molecular complexity index is 1030. The van der Waals surface area contributed by atoms with E-state index in [2.05, 4.69) is 9.97 Å². The number of methoxy groups -OCH3 is 1. The van der Waals surface area contributed by atoms with Crippen LogP contribution in [0.1, 0.15) is 23.1 Å². The molecule has 1 unspecified atom stereocenters. The van der Waals surface area contributed by atoms with Gasteiger partial charge in [-0.2, -0.15) is 0 Å². The van der Waals surface area contributed by atoms with Crippen molar-refractivity contribution in [2.45, 2.75) is 12.7 Å². The number of aliphatic hydroxyl groups excluding tert-OH is 1. The molecule has 0 saturated carbocycles. The van der Waals surface area contributed by atoms with Crippen molar-refractivity contribution < 1.29 is 14.6 Å². The maximum absolute atomic E-state index is 10.7. The largest absolute Gasteiger partial charge is 0.497 e. The van der Waals surface area contributed by atoms with Gasteiger partial charge >= 0.3 is 0 Å². The van der Waals surface area contributed by atoms with Crippen LogP contribution in [-0.2, 0) is 6.61 Å². The highest BCUT2D eigenvalue weighted by Crippen LogP contribution is 2.26. The van der Waals surface area contributed by atoms with Crippen LogP contribution in [0.3, 0.4) is 0 Å². The van der Waals surface area contributed by atoms with Crippen LogP contribution in [0.25, 0.3) is 11.0 Å². The number of aromatic nitrogens is 2. The van der Waals surface area contributed by atoms with Crippen LogP contribution in [0, 0.1) is 0 Å². The van der Waals surface area contributed by atoms with E-state index in [1.54, 1.807) is 7.11 Å². The van der Waals surface area contributed by atoms with Gasteiger partial charge in [0.05, 0.1) is 18.1 Å². The number of nitrogens with zero attached hydrogens (tertiary/aromatic N) is 1. The van der Waals surface area contributed by atoms with Gasteiger partial charge in [0.15, 0.2) is 0 Å². The van der Waals surface area contributed by atoms with E-state index in [-0.39, 0.29) is 0 Å². The fourth-order valence-corrected chi connectivity index (χ4v) is 2.91. The molecule has 0 fully saturated rings. The van der Waals surface area contributed by atoms with Crippen molar-refractivity contribution in [3.05, 3.63) is 89.7 Å². The molecule has 27 heavy (non-hydrogen) atoms. The van der Waals surface area contributed by atoms with Crippen molar-refractivity contribution in [1.29, 1.82) is 0 Å². The summed E-state index contributed by atoms with van der Waals surface area (Å²) < 4.78 is 11.0. The second kappa shape index (κ2) is 7.51. The summed E-state index contributed by atoms with van der Waals surface area (Å²) in [6, 6.07) is 23.0. The Morgan fingerprint density at radius 3 is 2.44 bits per heavy atom. The SMILES string of the molecule is COc1ccc2[nH]c(C(O)c3ccc(OCc4ccccc4)cc3)nc2c1. The highest BCUT2D eigenvalue weighted by molar-refractivity contribution is 5.77. The number of aromatic amines is 1. The molecular weight excluding hydrogens is 340 g/mol. The first-order valence-electron chi connectivity index (χ1n) is 8.71. The Morgan fingerprint density at radius 1 is 0.963 bits per heavy atom. The Hall–Kier alpha value is -3.31. The molecule has 0 spiro atoms. The zero-order chi connectivity index (χ0) is 18.6. The Balaban J connectivity index is 1.48. The molecule has 1 heterocycles. The van der Waals surface area contributed by atoms with Crippen molar-refractivity contribution in [3.8, 4) is 11.5 Å². The van der Waals surface area contributed by atoms with Crippen molar-refractivity contribution in [2.75, 3.05) is 7.11 Å². The molecule has 0 saturated heterocycles. The minimum atomic E-state index is -0.841. The summed E-state index contributed by atoms with van der Waals surface area (Å²) in [6.45, 7) is 0.508. The van der Waals surface area contributed by atoms with Gasteiger partial charge in [-0.25, -0.2) is 4.98 Å². The molecular formula is C22H20N2O3. The van der Waals surface area contributed by atoms with Crippen LogP contribution < -0.4 is 9.47 Å².